The van der Waals surface area contributed by atoms with Crippen LogP contribution in [0.2, 0.25) is 0 Å². The summed E-state index contributed by atoms with van der Waals surface area (Å²) in [6.45, 7) is 1.95. The molecule has 0 aromatic rings. The minimum atomic E-state index is -2.40. The van der Waals surface area contributed by atoms with E-state index in [0.717, 1.165) is 65.2 Å². The SMILES string of the molecule is CCCCCCCCCCCCC/C=C/[C@@H](O)[C@H](CO[C@@H]1OC(CO)[C@@H](O[C@@H]2OC(CO)[C@H](O)[C@H](O[C@@H]3OC(CO)[C@@H](O[C@@H]4OC(CO)[C@H](O)[C@H](O[C@@H]5OC(CO)[C@@H](O[C@@H]6OC(CO)[C@H](O)[C@H](O)C6O[C@H]6OC(C)[C@@H](O)C(O)[C@@H]6O)[C@H](O[C@H]6OC(C)[C@@H](O)C(O)[C@@H]6O)C5NC(C)=O)C4O)[C@H](O)C3NC(C)=O)C2O)[C@H](O)C1O)NC(=O)CCCCCCCCCCCCCCCCCCCCC. The number of aliphatic hydroxyl groups is 22. The average Bonchev–Trinajstić information content (AvgIpc) is 0.757. The number of hydrogen-bond donors (Lipinski definition) is 25. The smallest absolute Gasteiger partial charge is 0.220 e. The van der Waals surface area contributed by atoms with Crippen molar-refractivity contribution in [3.05, 3.63) is 12.2 Å². The number of carbonyl (C=O) groups is 3. The first-order valence-corrected chi connectivity index (χ1v) is 49.7. The molecular formula is C92H165N3O41. The van der Waals surface area contributed by atoms with Gasteiger partial charge in [-0.05, 0) is 33.1 Å². The Bertz CT molecular complexity index is 3310. The lowest BCUT2D eigenvalue weighted by Crippen LogP contribution is -2.72. The Morgan fingerprint density at radius 1 is 0.301 bits per heavy atom. The van der Waals surface area contributed by atoms with E-state index in [0.29, 0.717) is 12.8 Å². The van der Waals surface area contributed by atoms with Crippen molar-refractivity contribution in [2.45, 2.75) is 505 Å². The summed E-state index contributed by atoms with van der Waals surface area (Å²) < 4.78 is 96.8. The number of carbonyl (C=O) groups excluding carboxylic acids is 3. The Labute approximate surface area is 796 Å². The van der Waals surface area contributed by atoms with Crippen LogP contribution in [0.4, 0.5) is 0 Å². The molecule has 44 nitrogen and oxygen atoms in total. The summed E-state index contributed by atoms with van der Waals surface area (Å²) in [6.07, 6.45) is -36.9. The van der Waals surface area contributed by atoms with Gasteiger partial charge in [0.05, 0.1) is 70.6 Å². The minimum Gasteiger partial charge on any atom is -0.394 e. The standard InChI is InChI=1S/C92H165N3O41/c1-7-9-11-13-15-17-19-21-22-23-24-25-26-28-30-32-34-36-38-40-60(105)95-52(53(104)39-37-35-33-31-29-27-20-18-16-14-12-10-8-2)47-121-87-75(118)72(115)79(58(45-100)129-87)131-91-76(119)82(66(109)55(42-97)125-91)134-85-61(93-50(5)102)68(111)78(57(44-99)127-85)130-90-77(120)83(67(110)56(43-98)124-90)135-86-62(94-51(6)103)81(133-88-73(116)69(112)63(106)48(3)122-88)80(59(46-101)128-86)132-92-84(71(114)65(108)54(41-96)126-92)136-89-74(117)70(113)64(107)49(4)123-89/h37,39,48-49,52-59,61-92,96-101,104,106-120H,7-36,38,40-47H2,1-6H3,(H,93,102)(H,94,103)(H,95,105)/b39-37+/t48?,49?,52-,53+,54?,55?,56?,57?,58?,59?,61?,62?,63+,64+,65-,66-,67-,68+,69?,70?,71-,72+,73-,74-,75?,76?,77?,78+,79+,80+,81+,82-,83-,84?,85-,86-,87+,88+,89+,90-,91-,92-/m0/s1. The first kappa shape index (κ1) is 118. The molecule has 8 aliphatic heterocycles. The van der Waals surface area contributed by atoms with Gasteiger partial charge in [-0.1, -0.05) is 206 Å². The van der Waals surface area contributed by atoms with Crippen molar-refractivity contribution in [3.63, 3.8) is 0 Å². The van der Waals surface area contributed by atoms with E-state index in [1.54, 1.807) is 6.08 Å². The Hall–Kier alpha value is -3.37. The zero-order valence-corrected chi connectivity index (χ0v) is 79.6. The molecule has 0 saturated carbocycles. The van der Waals surface area contributed by atoms with Gasteiger partial charge in [-0.2, -0.15) is 0 Å². The molecule has 42 atom stereocenters. The van der Waals surface area contributed by atoms with Gasteiger partial charge < -0.3 is 204 Å². The third-order valence-electron chi connectivity index (χ3n) is 26.9. The van der Waals surface area contributed by atoms with E-state index in [1.165, 1.54) is 149 Å². The van der Waals surface area contributed by atoms with Crippen molar-refractivity contribution < 1.29 is 203 Å². The van der Waals surface area contributed by atoms with Gasteiger partial charge in [0.1, 0.15) is 183 Å². The van der Waals surface area contributed by atoms with Gasteiger partial charge >= 0.3 is 0 Å². The fraction of sp³-hybridized carbons (Fsp3) is 0.946. The third-order valence-corrected chi connectivity index (χ3v) is 26.9. The normalized spacial score (nSPS) is 39.6. The summed E-state index contributed by atoms with van der Waals surface area (Å²) >= 11 is 0. The number of ether oxygens (including phenoxy) is 16. The van der Waals surface area contributed by atoms with Gasteiger partial charge in [-0.25, -0.2) is 0 Å². The lowest BCUT2D eigenvalue weighted by Gasteiger charge is -2.52. The fourth-order valence-corrected chi connectivity index (χ4v) is 18.6. The molecule has 3 amide bonds. The van der Waals surface area contributed by atoms with E-state index in [4.69, 9.17) is 75.8 Å². The van der Waals surface area contributed by atoms with E-state index in [1.807, 2.05) is 6.08 Å². The zero-order chi connectivity index (χ0) is 99.4. The number of allylic oxidation sites excluding steroid dienone is 1. The molecule has 794 valence electrons. The zero-order valence-electron chi connectivity index (χ0n) is 79.6. The molecule has 8 heterocycles. The van der Waals surface area contributed by atoms with Crippen LogP contribution < -0.4 is 16.0 Å². The maximum atomic E-state index is 13.7. The highest BCUT2D eigenvalue weighted by Gasteiger charge is 2.61. The first-order valence-electron chi connectivity index (χ1n) is 49.7. The summed E-state index contributed by atoms with van der Waals surface area (Å²) in [7, 11) is 0. The number of rotatable bonds is 60. The molecule has 0 radical (unpaired) electrons. The number of aliphatic hydroxyl groups excluding tert-OH is 22. The quantitative estimate of drug-likeness (QED) is 0.0211. The fourth-order valence-electron chi connectivity index (χ4n) is 18.6. The summed E-state index contributed by atoms with van der Waals surface area (Å²) in [6, 6.07) is -5.00. The molecule has 25 N–H and O–H groups in total. The van der Waals surface area contributed by atoms with Crippen LogP contribution in [-0.4, -0.2) is 434 Å². The minimum absolute atomic E-state index is 0.155. The van der Waals surface area contributed by atoms with Gasteiger partial charge in [0.15, 0.2) is 50.3 Å². The average molecular weight is 1970 g/mol. The monoisotopic (exact) mass is 1970 g/mol. The van der Waals surface area contributed by atoms with Gasteiger partial charge in [0.2, 0.25) is 17.7 Å². The molecule has 0 aromatic carbocycles. The first-order chi connectivity index (χ1) is 65.2. The highest BCUT2D eigenvalue weighted by atomic mass is 16.8. The van der Waals surface area contributed by atoms with Crippen molar-refractivity contribution in [2.24, 2.45) is 0 Å². The number of hydrogen-bond acceptors (Lipinski definition) is 41. The molecule has 136 heavy (non-hydrogen) atoms. The highest BCUT2D eigenvalue weighted by molar-refractivity contribution is 5.76. The maximum Gasteiger partial charge on any atom is 0.220 e. The van der Waals surface area contributed by atoms with Crippen molar-refractivity contribution in [2.75, 3.05) is 46.2 Å². The van der Waals surface area contributed by atoms with Crippen LogP contribution in [0.25, 0.3) is 0 Å². The molecule has 8 aliphatic rings. The van der Waals surface area contributed by atoms with Crippen LogP contribution in [0.1, 0.15) is 247 Å². The van der Waals surface area contributed by atoms with Gasteiger partial charge in [-0.15, -0.1) is 0 Å². The second-order valence-electron chi connectivity index (χ2n) is 37.7. The van der Waals surface area contributed by atoms with Crippen molar-refractivity contribution in [3.8, 4) is 0 Å². The number of nitrogens with one attached hydrogen (secondary N) is 3. The molecule has 0 bridgehead atoms. The largest absolute Gasteiger partial charge is 0.394 e. The van der Waals surface area contributed by atoms with E-state index < -0.39 is 316 Å². The highest BCUT2D eigenvalue weighted by Crippen LogP contribution is 2.41. The summed E-state index contributed by atoms with van der Waals surface area (Å²) in [5.74, 6) is -2.24. The molecule has 0 aromatic heterocycles. The van der Waals surface area contributed by atoms with Crippen LogP contribution in [0, 0.1) is 0 Å². The second kappa shape index (κ2) is 61.2. The van der Waals surface area contributed by atoms with Crippen molar-refractivity contribution in [1.82, 2.24) is 16.0 Å². The molecule has 8 rings (SSSR count). The van der Waals surface area contributed by atoms with Gasteiger partial charge in [-0.3, -0.25) is 14.4 Å². The van der Waals surface area contributed by atoms with Crippen LogP contribution >= 0.6 is 0 Å². The Morgan fingerprint density at radius 3 is 1.04 bits per heavy atom. The molecule has 0 spiro atoms. The van der Waals surface area contributed by atoms with Crippen LogP contribution in [0.5, 0.6) is 0 Å². The Kier molecular flexibility index (Phi) is 53.0. The summed E-state index contributed by atoms with van der Waals surface area (Å²) in [4.78, 5) is 40.4. The van der Waals surface area contributed by atoms with Crippen molar-refractivity contribution in [1.29, 1.82) is 0 Å². The topological polar surface area (TPSA) is 680 Å². The summed E-state index contributed by atoms with van der Waals surface area (Å²) in [5, 5.41) is 257. The van der Waals surface area contributed by atoms with Crippen molar-refractivity contribution >= 4 is 17.7 Å². The van der Waals surface area contributed by atoms with Crippen LogP contribution in [0.15, 0.2) is 12.2 Å². The molecule has 8 fully saturated rings. The molecule has 0 aliphatic carbocycles. The number of amides is 3. The van der Waals surface area contributed by atoms with Crippen LogP contribution in [0.3, 0.4) is 0 Å². The molecule has 16 unspecified atom stereocenters. The maximum absolute atomic E-state index is 13.7. The van der Waals surface area contributed by atoms with Gasteiger partial charge in [0, 0.05) is 20.3 Å². The number of unbranched alkanes of at least 4 members (excludes halogenated alkanes) is 29. The van der Waals surface area contributed by atoms with E-state index in [2.05, 4.69) is 29.8 Å². The predicted octanol–water partition coefficient (Wildman–Crippen LogP) is -3.16. The Morgan fingerprint density at radius 2 is 0.618 bits per heavy atom. The van der Waals surface area contributed by atoms with Gasteiger partial charge in [0.25, 0.3) is 0 Å². The van der Waals surface area contributed by atoms with E-state index in [9.17, 15) is 127 Å². The predicted molar refractivity (Wildman–Crippen MR) is 475 cm³/mol. The summed E-state index contributed by atoms with van der Waals surface area (Å²) in [5.41, 5.74) is 0. The van der Waals surface area contributed by atoms with Crippen LogP contribution in [-0.2, 0) is 90.2 Å². The third kappa shape index (κ3) is 34.1. The Balaban J connectivity index is 0.931. The van der Waals surface area contributed by atoms with E-state index >= 15 is 0 Å². The molecule has 8 saturated heterocycles. The second-order valence-corrected chi connectivity index (χ2v) is 37.7. The molecular weight excluding hydrogens is 1800 g/mol. The molecule has 44 heteroatoms. The lowest BCUT2D eigenvalue weighted by molar-refractivity contribution is -0.401. The lowest BCUT2D eigenvalue weighted by atomic mass is 9.93. The van der Waals surface area contributed by atoms with E-state index in [-0.39, 0.29) is 12.3 Å².